The number of ether oxygens (including phenoxy) is 2. The first-order chi connectivity index (χ1) is 20.0. The molecule has 4 aromatic rings. The summed E-state index contributed by atoms with van der Waals surface area (Å²) in [5.74, 6) is 0.953. The molecule has 0 radical (unpaired) electrons. The normalized spacial score (nSPS) is 14.7. The smallest absolute Gasteiger partial charge is 0.208 e. The molecule has 1 unspecified atom stereocenters. The highest BCUT2D eigenvalue weighted by molar-refractivity contribution is 7.97. The fourth-order valence-electron chi connectivity index (χ4n) is 4.36. The lowest BCUT2D eigenvalue weighted by Crippen LogP contribution is -2.18. The number of nitrogens with zero attached hydrogens (tertiary/aromatic N) is 2. The van der Waals surface area contributed by atoms with E-state index in [0.717, 1.165) is 24.3 Å². The summed E-state index contributed by atoms with van der Waals surface area (Å²) in [5.41, 5.74) is 3.32. The van der Waals surface area contributed by atoms with Gasteiger partial charge in [-0.15, -0.1) is 0 Å². The molecule has 42 heavy (non-hydrogen) atoms. The van der Waals surface area contributed by atoms with Gasteiger partial charge in [-0.25, -0.2) is 8.42 Å². The number of para-hydroxylation sites is 1. The van der Waals surface area contributed by atoms with Crippen molar-refractivity contribution >= 4 is 32.4 Å². The maximum absolute atomic E-state index is 10.4. The Labute approximate surface area is 252 Å². The van der Waals surface area contributed by atoms with Crippen molar-refractivity contribution in [1.29, 1.82) is 0 Å². The lowest BCUT2D eigenvalue weighted by molar-refractivity contribution is 0.139. The van der Waals surface area contributed by atoms with Crippen molar-refractivity contribution in [1.82, 2.24) is 0 Å². The topological polar surface area (TPSA) is 82.1 Å². The van der Waals surface area contributed by atoms with Gasteiger partial charge >= 0.3 is 0 Å². The Morgan fingerprint density at radius 3 is 1.76 bits per heavy atom. The third kappa shape index (κ3) is 8.29. The van der Waals surface area contributed by atoms with Gasteiger partial charge in [0.1, 0.15) is 27.1 Å². The number of hydrogen-bond acceptors (Lipinski definition) is 7. The van der Waals surface area contributed by atoms with Crippen LogP contribution in [0.15, 0.2) is 117 Å². The van der Waals surface area contributed by atoms with E-state index in [4.69, 9.17) is 9.47 Å². The van der Waals surface area contributed by atoms with E-state index in [9.17, 15) is 13.0 Å². The first kappa shape index (κ1) is 31.4. The maximum Gasteiger partial charge on any atom is 0.208 e. The summed E-state index contributed by atoms with van der Waals surface area (Å²) in [7, 11) is 3.74. The molecule has 1 fully saturated rings. The van der Waals surface area contributed by atoms with Gasteiger partial charge in [-0.3, -0.25) is 0 Å². The Morgan fingerprint density at radius 1 is 0.786 bits per heavy atom. The van der Waals surface area contributed by atoms with Crippen LogP contribution in [0.25, 0.3) is 0 Å². The van der Waals surface area contributed by atoms with E-state index in [1.807, 2.05) is 6.92 Å². The van der Waals surface area contributed by atoms with E-state index in [2.05, 4.69) is 111 Å². The van der Waals surface area contributed by atoms with Crippen LogP contribution < -0.4 is 14.5 Å². The molecule has 0 saturated carbocycles. The summed E-state index contributed by atoms with van der Waals surface area (Å²) in [6.07, 6.45) is 1.07. The van der Waals surface area contributed by atoms with Crippen LogP contribution in [-0.4, -0.2) is 60.5 Å². The summed E-state index contributed by atoms with van der Waals surface area (Å²) in [6.45, 7) is 3.26. The van der Waals surface area contributed by atoms with Crippen LogP contribution in [0.5, 0.6) is 5.75 Å². The van der Waals surface area contributed by atoms with Gasteiger partial charge in [0.2, 0.25) is 4.90 Å². The van der Waals surface area contributed by atoms with Crippen molar-refractivity contribution in [3.05, 3.63) is 103 Å². The van der Waals surface area contributed by atoms with Crippen molar-refractivity contribution in [2.24, 2.45) is 0 Å². The van der Waals surface area contributed by atoms with E-state index in [1.165, 1.54) is 38.2 Å². The quantitative estimate of drug-likeness (QED) is 0.180. The fraction of sp³-hybridized carbons (Fsp3) is 0.273. The zero-order valence-corrected chi connectivity index (χ0v) is 26.3. The van der Waals surface area contributed by atoms with Crippen LogP contribution in [0.1, 0.15) is 12.0 Å². The highest BCUT2D eigenvalue weighted by Gasteiger charge is 2.33. The third-order valence-electron chi connectivity index (χ3n) is 6.74. The van der Waals surface area contributed by atoms with E-state index >= 15 is 0 Å². The summed E-state index contributed by atoms with van der Waals surface area (Å²) >= 11 is 0. The van der Waals surface area contributed by atoms with E-state index in [-0.39, 0.29) is 21.9 Å². The van der Waals surface area contributed by atoms with Gasteiger partial charge in [-0.2, -0.15) is 0 Å². The Balaban J connectivity index is 0.000000310. The van der Waals surface area contributed by atoms with Gasteiger partial charge in [0.15, 0.2) is 15.5 Å². The Kier molecular flexibility index (Phi) is 10.6. The molecular formula is C33H38N2O5S2. The zero-order valence-electron chi connectivity index (χ0n) is 24.7. The summed E-state index contributed by atoms with van der Waals surface area (Å²) in [6, 6.07) is 32.0. The molecule has 5 rings (SSSR count). The summed E-state index contributed by atoms with van der Waals surface area (Å²) in [4.78, 5) is 7.85. The first-order valence-electron chi connectivity index (χ1n) is 13.7. The van der Waals surface area contributed by atoms with Crippen molar-refractivity contribution in [3.63, 3.8) is 0 Å². The second-order valence-electron chi connectivity index (χ2n) is 10.4. The molecule has 7 nitrogen and oxygen atoms in total. The molecule has 0 aromatic heterocycles. The maximum atomic E-state index is 10.4. The molecular weight excluding hydrogens is 569 g/mol. The Morgan fingerprint density at radius 2 is 1.31 bits per heavy atom. The summed E-state index contributed by atoms with van der Waals surface area (Å²) in [5, 5.41) is 0. The average molecular weight is 607 g/mol. The van der Waals surface area contributed by atoms with Gasteiger partial charge in [0, 0.05) is 46.0 Å². The molecule has 0 N–H and O–H groups in total. The Hall–Kier alpha value is -3.50. The number of benzene rings is 4. The highest BCUT2D eigenvalue weighted by atomic mass is 32.2. The van der Waals surface area contributed by atoms with Gasteiger partial charge in [0.25, 0.3) is 0 Å². The van der Waals surface area contributed by atoms with Crippen LogP contribution in [0.4, 0.5) is 11.4 Å². The number of anilines is 2. The second-order valence-corrected chi connectivity index (χ2v) is 13.8. The zero-order chi connectivity index (χ0) is 30.3. The number of aryl methyl sites for hydroxylation is 1. The standard InChI is InChI=1S/C26H31N2O2S.C7H8O3S/c1-27(2)20-9-13-23(14-10-20)31(24-15-11-21(12-16-24)28(3)4)26-8-6-5-7-25(26)30-22-17-18-29-19-22;1-6-2-4-7(5-3-6)11(8,9)10/h5-16,22H,17-19H2,1-4H3;2-5H,1H3,(H,8,9,10)/q+1;/p-1. The molecule has 222 valence electrons. The van der Waals surface area contributed by atoms with Crippen molar-refractivity contribution in [2.75, 3.05) is 51.2 Å². The molecule has 1 aliphatic rings. The van der Waals surface area contributed by atoms with Gasteiger partial charge in [0.05, 0.1) is 18.1 Å². The fourth-order valence-corrected chi connectivity index (χ4v) is 6.96. The molecule has 1 atom stereocenters. The SMILES string of the molecule is CN(C)c1ccc([S+](c2ccc(N(C)C)cc2)c2ccccc2OC2CCOC2)cc1.Cc1ccc(S(=O)(=O)[O-])cc1. The van der Waals surface area contributed by atoms with Crippen LogP contribution in [-0.2, 0) is 25.7 Å². The molecule has 1 aliphatic heterocycles. The minimum absolute atomic E-state index is 0.124. The van der Waals surface area contributed by atoms with E-state index in [0.29, 0.717) is 6.61 Å². The monoisotopic (exact) mass is 606 g/mol. The molecule has 0 bridgehead atoms. The minimum atomic E-state index is -4.27. The predicted octanol–water partition coefficient (Wildman–Crippen LogP) is 5.98. The number of hydrogen-bond donors (Lipinski definition) is 0. The van der Waals surface area contributed by atoms with E-state index < -0.39 is 10.1 Å². The van der Waals surface area contributed by atoms with Crippen LogP contribution in [0, 0.1) is 6.92 Å². The van der Waals surface area contributed by atoms with Crippen molar-refractivity contribution in [2.45, 2.75) is 39.0 Å². The lowest BCUT2D eigenvalue weighted by atomic mass is 10.2. The molecule has 0 aliphatic carbocycles. The van der Waals surface area contributed by atoms with Crippen molar-refractivity contribution in [3.8, 4) is 5.75 Å². The van der Waals surface area contributed by atoms with Crippen molar-refractivity contribution < 1.29 is 22.4 Å². The number of rotatable bonds is 8. The van der Waals surface area contributed by atoms with E-state index in [1.54, 1.807) is 12.1 Å². The summed E-state index contributed by atoms with van der Waals surface area (Å²) < 4.78 is 43.1. The molecule has 9 heteroatoms. The Bertz CT molecular complexity index is 1480. The van der Waals surface area contributed by atoms with Crippen LogP contribution in [0.3, 0.4) is 0 Å². The minimum Gasteiger partial charge on any atom is -0.744 e. The molecule has 1 saturated heterocycles. The molecule has 1 heterocycles. The van der Waals surface area contributed by atoms with Crippen LogP contribution in [0.2, 0.25) is 0 Å². The second kappa shape index (κ2) is 14.1. The molecule has 0 amide bonds. The van der Waals surface area contributed by atoms with Crippen LogP contribution >= 0.6 is 0 Å². The third-order valence-corrected chi connectivity index (χ3v) is 9.85. The van der Waals surface area contributed by atoms with Gasteiger partial charge in [-0.05, 0) is 79.7 Å². The molecule has 4 aromatic carbocycles. The molecule has 0 spiro atoms. The highest BCUT2D eigenvalue weighted by Crippen LogP contribution is 2.38. The van der Waals surface area contributed by atoms with Gasteiger partial charge < -0.3 is 23.8 Å². The largest absolute Gasteiger partial charge is 0.744 e. The predicted molar refractivity (Wildman–Crippen MR) is 169 cm³/mol. The van der Waals surface area contributed by atoms with Gasteiger partial charge in [-0.1, -0.05) is 29.8 Å². The first-order valence-corrected chi connectivity index (χ1v) is 16.3. The lowest BCUT2D eigenvalue weighted by Gasteiger charge is -2.17. The average Bonchev–Trinajstić information content (AvgIpc) is 3.48.